The Balaban J connectivity index is 1.89. The van der Waals surface area contributed by atoms with E-state index in [0.29, 0.717) is 0 Å². The van der Waals surface area contributed by atoms with Crippen LogP contribution >= 0.6 is 0 Å². The average molecular weight is 318 g/mol. The number of nitrogens with one attached hydrogen (secondary N) is 1. The summed E-state index contributed by atoms with van der Waals surface area (Å²) < 4.78 is 3.71. The molecule has 6 nitrogen and oxygen atoms in total. The fourth-order valence-electron chi connectivity index (χ4n) is 2.96. The number of hydrogen-bond acceptors (Lipinski definition) is 4. The molecule has 0 saturated carbocycles. The Bertz CT molecular complexity index is 1010. The maximum atomic E-state index is 4.83. The van der Waals surface area contributed by atoms with E-state index in [1.54, 1.807) is 4.52 Å². The van der Waals surface area contributed by atoms with Crippen LogP contribution in [0.5, 0.6) is 0 Å². The van der Waals surface area contributed by atoms with Gasteiger partial charge in [-0.15, -0.1) is 0 Å². The van der Waals surface area contributed by atoms with Crippen LogP contribution in [0.3, 0.4) is 0 Å². The molecule has 0 bridgehead atoms. The van der Waals surface area contributed by atoms with Crippen molar-refractivity contribution >= 4 is 11.5 Å². The molecule has 0 spiro atoms. The van der Waals surface area contributed by atoms with Crippen molar-refractivity contribution in [1.29, 1.82) is 0 Å². The summed E-state index contributed by atoms with van der Waals surface area (Å²) in [6.45, 7) is 3.97. The molecule has 4 rings (SSSR count). The van der Waals surface area contributed by atoms with Crippen molar-refractivity contribution < 1.29 is 0 Å². The van der Waals surface area contributed by atoms with E-state index >= 15 is 0 Å². The minimum absolute atomic E-state index is 0.759. The first kappa shape index (κ1) is 14.4. The van der Waals surface area contributed by atoms with E-state index in [9.17, 15) is 0 Å². The van der Waals surface area contributed by atoms with E-state index in [4.69, 9.17) is 5.10 Å². The molecule has 24 heavy (non-hydrogen) atoms. The number of pyridine rings is 1. The largest absolute Gasteiger partial charge is 0.373 e. The Kier molecular flexibility index (Phi) is 3.30. The molecule has 0 radical (unpaired) electrons. The van der Waals surface area contributed by atoms with E-state index in [1.165, 1.54) is 0 Å². The fourth-order valence-corrected chi connectivity index (χ4v) is 2.96. The SMILES string of the molecule is CNc1c(C)c(-c2ccn3nc(C)nc3c2)nn1-c1ccccc1. The minimum atomic E-state index is 0.759. The number of rotatable bonds is 3. The Hall–Kier alpha value is -3.15. The Morgan fingerprint density at radius 2 is 1.79 bits per heavy atom. The number of aryl methyl sites for hydroxylation is 1. The van der Waals surface area contributed by atoms with Crippen LogP contribution in [0.1, 0.15) is 11.4 Å². The van der Waals surface area contributed by atoms with Gasteiger partial charge in [-0.3, -0.25) is 0 Å². The zero-order valence-electron chi connectivity index (χ0n) is 13.9. The van der Waals surface area contributed by atoms with Crippen molar-refractivity contribution in [2.75, 3.05) is 12.4 Å². The lowest BCUT2D eigenvalue weighted by molar-refractivity contribution is 0.888. The van der Waals surface area contributed by atoms with E-state index < -0.39 is 0 Å². The van der Waals surface area contributed by atoms with E-state index in [2.05, 4.69) is 22.3 Å². The molecule has 3 aromatic heterocycles. The maximum Gasteiger partial charge on any atom is 0.156 e. The monoisotopic (exact) mass is 318 g/mol. The quantitative estimate of drug-likeness (QED) is 0.630. The number of anilines is 1. The standard InChI is InChI=1S/C18H18N6/c1-12-17(14-9-10-23-16(11-14)20-13(2)21-23)22-24(18(12)19-3)15-7-5-4-6-8-15/h4-11,19H,1-3H3. The third kappa shape index (κ3) is 2.23. The van der Waals surface area contributed by atoms with Gasteiger partial charge in [-0.05, 0) is 38.1 Å². The lowest BCUT2D eigenvalue weighted by Gasteiger charge is -2.06. The van der Waals surface area contributed by atoms with Gasteiger partial charge < -0.3 is 5.32 Å². The summed E-state index contributed by atoms with van der Waals surface area (Å²) >= 11 is 0. The van der Waals surface area contributed by atoms with Crippen LogP contribution in [0.4, 0.5) is 5.82 Å². The predicted molar refractivity (Wildman–Crippen MR) is 94.6 cm³/mol. The molecule has 120 valence electrons. The highest BCUT2D eigenvalue weighted by Gasteiger charge is 2.16. The maximum absolute atomic E-state index is 4.83. The second-order valence-electron chi connectivity index (χ2n) is 5.70. The molecule has 4 aromatic rings. The summed E-state index contributed by atoms with van der Waals surface area (Å²) in [5.41, 5.74) is 4.91. The molecule has 0 saturated heterocycles. The van der Waals surface area contributed by atoms with Gasteiger partial charge in [0.15, 0.2) is 5.65 Å². The van der Waals surface area contributed by atoms with Crippen LogP contribution in [-0.2, 0) is 0 Å². The van der Waals surface area contributed by atoms with Gasteiger partial charge in [-0.2, -0.15) is 10.2 Å². The van der Waals surface area contributed by atoms with Crippen molar-refractivity contribution in [3.63, 3.8) is 0 Å². The first-order valence-corrected chi connectivity index (χ1v) is 7.83. The first-order valence-electron chi connectivity index (χ1n) is 7.83. The highest BCUT2D eigenvalue weighted by Crippen LogP contribution is 2.30. The second kappa shape index (κ2) is 5.49. The van der Waals surface area contributed by atoms with Crippen molar-refractivity contribution in [3.8, 4) is 16.9 Å². The molecule has 6 heteroatoms. The van der Waals surface area contributed by atoms with Gasteiger partial charge in [-0.1, -0.05) is 18.2 Å². The molecule has 3 heterocycles. The van der Waals surface area contributed by atoms with Crippen LogP contribution in [0, 0.1) is 13.8 Å². The van der Waals surface area contributed by atoms with E-state index in [1.807, 2.05) is 67.3 Å². The number of para-hydroxylation sites is 1. The molecule has 0 fully saturated rings. The van der Waals surface area contributed by atoms with Gasteiger partial charge >= 0.3 is 0 Å². The molecular formula is C18H18N6. The molecule has 0 aliphatic rings. The summed E-state index contributed by atoms with van der Waals surface area (Å²) in [6.07, 6.45) is 1.92. The fraction of sp³-hybridized carbons (Fsp3) is 0.167. The molecule has 0 aliphatic heterocycles. The smallest absolute Gasteiger partial charge is 0.156 e. The number of benzene rings is 1. The molecule has 0 unspecified atom stereocenters. The Morgan fingerprint density at radius 3 is 2.54 bits per heavy atom. The van der Waals surface area contributed by atoms with Crippen molar-refractivity contribution in [2.45, 2.75) is 13.8 Å². The van der Waals surface area contributed by atoms with Crippen molar-refractivity contribution in [1.82, 2.24) is 24.4 Å². The van der Waals surface area contributed by atoms with Crippen LogP contribution in [-0.4, -0.2) is 31.4 Å². The highest BCUT2D eigenvalue weighted by atomic mass is 15.3. The first-order chi connectivity index (χ1) is 11.7. The zero-order valence-corrected chi connectivity index (χ0v) is 13.9. The second-order valence-corrected chi connectivity index (χ2v) is 5.70. The molecule has 1 aromatic carbocycles. The lowest BCUT2D eigenvalue weighted by atomic mass is 10.1. The molecule has 0 atom stereocenters. The minimum Gasteiger partial charge on any atom is -0.373 e. The van der Waals surface area contributed by atoms with Crippen LogP contribution < -0.4 is 5.32 Å². The third-order valence-corrected chi connectivity index (χ3v) is 4.08. The summed E-state index contributed by atoms with van der Waals surface area (Å²) in [4.78, 5) is 4.44. The Morgan fingerprint density at radius 1 is 1.00 bits per heavy atom. The normalized spacial score (nSPS) is 11.1. The summed E-state index contributed by atoms with van der Waals surface area (Å²) in [5.74, 6) is 1.74. The highest BCUT2D eigenvalue weighted by molar-refractivity contribution is 5.72. The number of aromatic nitrogens is 5. The van der Waals surface area contributed by atoms with E-state index in [0.717, 1.165) is 39.8 Å². The van der Waals surface area contributed by atoms with Crippen LogP contribution in [0.2, 0.25) is 0 Å². The van der Waals surface area contributed by atoms with Gasteiger partial charge in [0.1, 0.15) is 11.6 Å². The van der Waals surface area contributed by atoms with Crippen molar-refractivity contribution in [2.24, 2.45) is 0 Å². The predicted octanol–water partition coefficient (Wildman–Crippen LogP) is 3.24. The van der Waals surface area contributed by atoms with Gasteiger partial charge in [0.25, 0.3) is 0 Å². The third-order valence-electron chi connectivity index (χ3n) is 4.08. The van der Waals surface area contributed by atoms with Crippen LogP contribution in [0.15, 0.2) is 48.7 Å². The lowest BCUT2D eigenvalue weighted by Crippen LogP contribution is -2.02. The number of hydrogen-bond donors (Lipinski definition) is 1. The number of nitrogens with zero attached hydrogens (tertiary/aromatic N) is 5. The summed E-state index contributed by atoms with van der Waals surface area (Å²) in [7, 11) is 1.91. The molecular weight excluding hydrogens is 300 g/mol. The topological polar surface area (TPSA) is 60.0 Å². The number of fused-ring (bicyclic) bond motifs is 1. The van der Waals surface area contributed by atoms with E-state index in [-0.39, 0.29) is 0 Å². The van der Waals surface area contributed by atoms with Gasteiger partial charge in [-0.25, -0.2) is 14.2 Å². The van der Waals surface area contributed by atoms with Gasteiger partial charge in [0.2, 0.25) is 0 Å². The Labute approximate surface area is 139 Å². The van der Waals surface area contributed by atoms with Gasteiger partial charge in [0.05, 0.1) is 11.4 Å². The summed E-state index contributed by atoms with van der Waals surface area (Å²) in [6, 6.07) is 14.1. The molecule has 1 N–H and O–H groups in total. The summed E-state index contributed by atoms with van der Waals surface area (Å²) in [5, 5.41) is 12.4. The van der Waals surface area contributed by atoms with Crippen LogP contribution in [0.25, 0.3) is 22.6 Å². The van der Waals surface area contributed by atoms with Gasteiger partial charge in [0, 0.05) is 24.4 Å². The molecule has 0 amide bonds. The zero-order chi connectivity index (χ0) is 16.7. The average Bonchev–Trinajstić information content (AvgIpc) is 3.13. The van der Waals surface area contributed by atoms with Crippen molar-refractivity contribution in [3.05, 3.63) is 60.0 Å². The molecule has 0 aliphatic carbocycles.